The number of piperidine rings is 1. The Morgan fingerprint density at radius 2 is 1.87 bits per heavy atom. The first-order valence-electron chi connectivity index (χ1n) is 16.2. The van der Waals surface area contributed by atoms with Crippen molar-refractivity contribution in [3.8, 4) is 28.4 Å². The number of nitrogens with one attached hydrogen (secondary N) is 2. The highest BCUT2D eigenvalue weighted by molar-refractivity contribution is 7.98. The summed E-state index contributed by atoms with van der Waals surface area (Å²) in [6, 6.07) is 6.06. The van der Waals surface area contributed by atoms with Crippen molar-refractivity contribution >= 4 is 29.3 Å². The van der Waals surface area contributed by atoms with Gasteiger partial charge in [-0.1, -0.05) is 18.9 Å². The molecule has 0 radical (unpaired) electrons. The van der Waals surface area contributed by atoms with E-state index in [2.05, 4.69) is 10.6 Å². The van der Waals surface area contributed by atoms with Crippen molar-refractivity contribution < 1.29 is 28.9 Å². The van der Waals surface area contributed by atoms with Crippen LogP contribution in [0.1, 0.15) is 69.0 Å². The molecule has 1 saturated heterocycles. The van der Waals surface area contributed by atoms with Gasteiger partial charge in [-0.05, 0) is 85.4 Å². The summed E-state index contributed by atoms with van der Waals surface area (Å²) in [4.78, 5) is 42.1. The topological polar surface area (TPSA) is 126 Å². The van der Waals surface area contributed by atoms with Crippen LogP contribution in [-0.4, -0.2) is 79.9 Å². The highest BCUT2D eigenvalue weighted by Gasteiger charge is 2.44. The van der Waals surface area contributed by atoms with Gasteiger partial charge in [0.2, 0.25) is 23.0 Å². The molecule has 2 aromatic carbocycles. The molecule has 0 aromatic heterocycles. The van der Waals surface area contributed by atoms with Gasteiger partial charge in [0.1, 0.15) is 6.04 Å². The zero-order chi connectivity index (χ0) is 33.0. The molecule has 11 heteroatoms. The summed E-state index contributed by atoms with van der Waals surface area (Å²) in [5.74, 6) is 2.03. The molecular formula is C35H47N3O7S. The van der Waals surface area contributed by atoms with E-state index in [-0.39, 0.29) is 23.2 Å². The molecule has 3 N–H and O–H groups in total. The number of carbonyl (C=O) groups is 2. The van der Waals surface area contributed by atoms with Crippen molar-refractivity contribution in [2.24, 2.45) is 5.92 Å². The van der Waals surface area contributed by atoms with Crippen molar-refractivity contribution in [1.82, 2.24) is 10.2 Å². The van der Waals surface area contributed by atoms with Crippen LogP contribution in [0.25, 0.3) is 11.1 Å². The summed E-state index contributed by atoms with van der Waals surface area (Å²) in [6.45, 7) is 2.51. The fourth-order valence-electron chi connectivity index (χ4n) is 7.50. The molecule has 10 nitrogen and oxygen atoms in total. The molecular weight excluding hydrogens is 606 g/mol. The number of benzene rings is 1. The Balaban J connectivity index is 1.55. The monoisotopic (exact) mass is 653 g/mol. The standard InChI is InChI=1S/C35H47N3O7S/c1-21(39)36-26-11-9-22-18-30(43-2)32(44-3)33(45-4)31(22)24-10-12-27(29(40)19-25(24)26)37-28(13-17-46-5)34(41)38-16-15-35(42)14-7-6-8-23(35)20-38/h10,12,18-19,23,26,28,42H,6-9,11,13-17,20H2,1-5H3,(H,36,39)(H,37,40)/t23?,26-,28-,35?/m1/s1. The first-order chi connectivity index (χ1) is 22.1. The van der Waals surface area contributed by atoms with Crippen molar-refractivity contribution in [3.63, 3.8) is 0 Å². The minimum atomic E-state index is -0.682. The number of nitrogens with zero attached hydrogens (tertiary/aromatic N) is 1. The Morgan fingerprint density at radius 3 is 2.57 bits per heavy atom. The number of anilines is 1. The van der Waals surface area contributed by atoms with Gasteiger partial charge in [0.25, 0.3) is 0 Å². The summed E-state index contributed by atoms with van der Waals surface area (Å²) >= 11 is 1.65. The number of likely N-dealkylation sites (tertiary alicyclic amines) is 1. The lowest BCUT2D eigenvalue weighted by Gasteiger charge is -2.48. The highest BCUT2D eigenvalue weighted by atomic mass is 32.2. The van der Waals surface area contributed by atoms with E-state index >= 15 is 0 Å². The van der Waals surface area contributed by atoms with Crippen LogP contribution < -0.4 is 30.3 Å². The van der Waals surface area contributed by atoms with E-state index in [9.17, 15) is 19.5 Å². The normalized spacial score (nSPS) is 22.7. The van der Waals surface area contributed by atoms with Crippen molar-refractivity contribution in [1.29, 1.82) is 0 Å². The third kappa shape index (κ3) is 6.81. The number of hydrogen-bond donors (Lipinski definition) is 3. The van der Waals surface area contributed by atoms with E-state index in [0.29, 0.717) is 67.3 Å². The van der Waals surface area contributed by atoms with Crippen molar-refractivity contribution in [3.05, 3.63) is 45.6 Å². The number of hydrogen-bond acceptors (Lipinski definition) is 9. The number of rotatable bonds is 10. The molecule has 2 unspecified atom stereocenters. The summed E-state index contributed by atoms with van der Waals surface area (Å²) < 4.78 is 17.2. The number of methoxy groups -OCH3 is 3. The van der Waals surface area contributed by atoms with Gasteiger partial charge in [0.05, 0.1) is 38.7 Å². The van der Waals surface area contributed by atoms with Gasteiger partial charge in [-0.15, -0.1) is 0 Å². The van der Waals surface area contributed by atoms with Gasteiger partial charge in [0, 0.05) is 31.5 Å². The maximum absolute atomic E-state index is 14.0. The average molecular weight is 654 g/mol. The average Bonchev–Trinajstić information content (AvgIpc) is 3.29. The van der Waals surface area contributed by atoms with Gasteiger partial charge >= 0.3 is 0 Å². The Kier molecular flexibility index (Phi) is 10.7. The van der Waals surface area contributed by atoms with Crippen molar-refractivity contribution in [2.45, 2.75) is 76.0 Å². The highest BCUT2D eigenvalue weighted by Crippen LogP contribution is 2.50. The third-order valence-electron chi connectivity index (χ3n) is 9.89. The number of fused-ring (bicyclic) bond motifs is 4. The Morgan fingerprint density at radius 1 is 1.09 bits per heavy atom. The second kappa shape index (κ2) is 14.5. The van der Waals surface area contributed by atoms with E-state index < -0.39 is 17.7 Å². The van der Waals surface area contributed by atoms with Crippen LogP contribution in [0.15, 0.2) is 29.1 Å². The predicted octanol–water partition coefficient (Wildman–Crippen LogP) is 4.55. The van der Waals surface area contributed by atoms with Crippen LogP contribution in [0.5, 0.6) is 17.2 Å². The summed E-state index contributed by atoms with van der Waals surface area (Å²) in [7, 11) is 4.69. The Bertz CT molecular complexity index is 1520. The second-order valence-electron chi connectivity index (χ2n) is 12.7. The van der Waals surface area contributed by atoms with E-state index in [1.165, 1.54) is 6.92 Å². The molecule has 46 heavy (non-hydrogen) atoms. The molecule has 5 rings (SSSR count). The maximum atomic E-state index is 14.0. The van der Waals surface area contributed by atoms with Gasteiger partial charge in [-0.25, -0.2) is 0 Å². The molecule has 0 spiro atoms. The number of ether oxygens (including phenoxy) is 3. The van der Waals surface area contributed by atoms with Crippen LogP contribution >= 0.6 is 11.8 Å². The first-order valence-corrected chi connectivity index (χ1v) is 17.6. The lowest BCUT2D eigenvalue weighted by atomic mass is 9.71. The Labute approximate surface area is 275 Å². The van der Waals surface area contributed by atoms with Gasteiger partial charge in [0.15, 0.2) is 11.5 Å². The molecule has 4 atom stereocenters. The first kappa shape index (κ1) is 33.9. The number of carbonyl (C=O) groups excluding carboxylic acids is 2. The van der Waals surface area contributed by atoms with Crippen LogP contribution in [0.2, 0.25) is 0 Å². The van der Waals surface area contributed by atoms with Gasteiger partial charge < -0.3 is 34.9 Å². The molecule has 3 aliphatic rings. The minimum Gasteiger partial charge on any atom is -0.493 e. The molecule has 1 aliphatic heterocycles. The van der Waals surface area contributed by atoms with Crippen molar-refractivity contribution in [2.75, 3.05) is 51.7 Å². The fourth-order valence-corrected chi connectivity index (χ4v) is 7.97. The molecule has 1 heterocycles. The Hall–Kier alpha value is -3.44. The second-order valence-corrected chi connectivity index (χ2v) is 13.6. The fraction of sp³-hybridized carbons (Fsp3) is 0.571. The van der Waals surface area contributed by atoms with Crippen LogP contribution in [0.3, 0.4) is 0 Å². The number of thioether (sulfide) groups is 1. The molecule has 2 amide bonds. The van der Waals surface area contributed by atoms with E-state index in [0.717, 1.165) is 48.1 Å². The molecule has 2 aliphatic carbocycles. The lowest BCUT2D eigenvalue weighted by molar-refractivity contribution is -0.144. The van der Waals surface area contributed by atoms with Crippen LogP contribution in [0, 0.1) is 5.92 Å². The van der Waals surface area contributed by atoms with E-state index in [4.69, 9.17) is 14.2 Å². The third-order valence-corrected chi connectivity index (χ3v) is 10.5. The smallest absolute Gasteiger partial charge is 0.245 e. The summed E-state index contributed by atoms with van der Waals surface area (Å²) in [5, 5.41) is 17.6. The minimum absolute atomic E-state index is 0.0471. The largest absolute Gasteiger partial charge is 0.493 e. The zero-order valence-electron chi connectivity index (χ0n) is 27.6. The lowest BCUT2D eigenvalue weighted by Crippen LogP contribution is -2.57. The zero-order valence-corrected chi connectivity index (χ0v) is 28.4. The quantitative estimate of drug-likeness (QED) is 0.339. The predicted molar refractivity (Wildman–Crippen MR) is 181 cm³/mol. The van der Waals surface area contributed by atoms with Crippen LogP contribution in [-0.2, 0) is 16.0 Å². The SMILES string of the molecule is COc1cc2c(c(OC)c1OC)-c1ccc(N[C@H](CCSC)C(=O)N3CCC4(O)CCCCC4C3)c(=O)cc1[C@H](NC(C)=O)CC2. The van der Waals surface area contributed by atoms with E-state index in [1.54, 1.807) is 45.2 Å². The summed E-state index contributed by atoms with van der Waals surface area (Å²) in [5.41, 5.74) is 2.46. The summed E-state index contributed by atoms with van der Waals surface area (Å²) in [6.07, 6.45) is 8.10. The van der Waals surface area contributed by atoms with E-state index in [1.807, 2.05) is 23.3 Å². The van der Waals surface area contributed by atoms with Gasteiger partial charge in [-0.3, -0.25) is 14.4 Å². The molecule has 2 aromatic rings. The maximum Gasteiger partial charge on any atom is 0.245 e. The number of aryl methyl sites for hydroxylation is 1. The number of aliphatic hydroxyl groups is 1. The molecule has 2 fully saturated rings. The molecule has 0 bridgehead atoms. The molecule has 250 valence electrons. The number of amides is 2. The molecule has 1 saturated carbocycles. The van der Waals surface area contributed by atoms with Crippen LogP contribution in [0.4, 0.5) is 5.69 Å². The van der Waals surface area contributed by atoms with Gasteiger partial charge in [-0.2, -0.15) is 11.8 Å².